The van der Waals surface area contributed by atoms with Gasteiger partial charge in [-0.15, -0.1) is 0 Å². The Hall–Kier alpha value is -3.23. The molecule has 1 aromatic carbocycles. The molecule has 8 nitrogen and oxygen atoms in total. The zero-order valence-electron chi connectivity index (χ0n) is 18.0. The molecule has 172 valence electrons. The van der Waals surface area contributed by atoms with Crippen molar-refractivity contribution in [3.05, 3.63) is 91.7 Å². The first-order valence-electron chi connectivity index (χ1n) is 10.2. The highest BCUT2D eigenvalue weighted by atomic mass is 35.5. The van der Waals surface area contributed by atoms with E-state index in [2.05, 4.69) is 4.98 Å². The number of methoxy groups -OCH3 is 1. The van der Waals surface area contributed by atoms with Gasteiger partial charge in [-0.3, -0.25) is 4.79 Å². The number of benzene rings is 1. The van der Waals surface area contributed by atoms with Crippen LogP contribution in [0.5, 0.6) is 5.75 Å². The number of rotatable bonds is 6. The predicted octanol–water partition coefficient (Wildman–Crippen LogP) is 3.62. The number of ether oxygens (including phenoxy) is 2. The summed E-state index contributed by atoms with van der Waals surface area (Å²) in [5, 5.41) is 0.717. The van der Waals surface area contributed by atoms with Crippen LogP contribution in [0.1, 0.15) is 29.2 Å². The lowest BCUT2D eigenvalue weighted by Crippen LogP contribution is -2.35. The van der Waals surface area contributed by atoms with Gasteiger partial charge in [0.25, 0.3) is 5.56 Å². The SMILES string of the molecule is COC(=O)C1=C(N)Oc2cc(C)n(CCCn3ccnc3)c(=O)c2[C@H]1c1ccc(Cl)cc1Cl. The number of imidazole rings is 1. The van der Waals surface area contributed by atoms with Gasteiger partial charge in [-0.25, -0.2) is 9.78 Å². The van der Waals surface area contributed by atoms with Crippen LogP contribution in [-0.4, -0.2) is 27.2 Å². The minimum Gasteiger partial charge on any atom is -0.465 e. The van der Waals surface area contributed by atoms with E-state index in [4.69, 9.17) is 38.4 Å². The fourth-order valence-electron chi connectivity index (χ4n) is 4.05. The summed E-state index contributed by atoms with van der Waals surface area (Å²) in [6, 6.07) is 6.60. The number of fused-ring (bicyclic) bond motifs is 1. The second-order valence-electron chi connectivity index (χ2n) is 7.64. The molecule has 0 saturated heterocycles. The number of aromatic nitrogens is 3. The molecule has 10 heteroatoms. The third kappa shape index (κ3) is 4.36. The maximum absolute atomic E-state index is 13.7. The van der Waals surface area contributed by atoms with Gasteiger partial charge >= 0.3 is 5.97 Å². The van der Waals surface area contributed by atoms with Crippen LogP contribution in [0.4, 0.5) is 0 Å². The molecule has 0 amide bonds. The van der Waals surface area contributed by atoms with E-state index in [9.17, 15) is 9.59 Å². The summed E-state index contributed by atoms with van der Waals surface area (Å²) in [4.78, 5) is 30.5. The van der Waals surface area contributed by atoms with Gasteiger partial charge in [0.15, 0.2) is 0 Å². The Morgan fingerprint density at radius 3 is 2.73 bits per heavy atom. The maximum atomic E-state index is 13.7. The summed E-state index contributed by atoms with van der Waals surface area (Å²) in [5.74, 6) is -1.44. The van der Waals surface area contributed by atoms with Crippen molar-refractivity contribution >= 4 is 29.2 Å². The van der Waals surface area contributed by atoms with E-state index < -0.39 is 11.9 Å². The van der Waals surface area contributed by atoms with Crippen LogP contribution in [0.2, 0.25) is 10.0 Å². The van der Waals surface area contributed by atoms with E-state index in [0.29, 0.717) is 40.8 Å². The lowest BCUT2D eigenvalue weighted by atomic mass is 9.83. The van der Waals surface area contributed by atoms with E-state index in [1.807, 2.05) is 17.7 Å². The van der Waals surface area contributed by atoms with Gasteiger partial charge in [0, 0.05) is 47.3 Å². The minimum atomic E-state index is -0.876. The molecule has 0 fully saturated rings. The van der Waals surface area contributed by atoms with E-state index >= 15 is 0 Å². The molecule has 3 aromatic rings. The highest BCUT2D eigenvalue weighted by Gasteiger charge is 2.39. The molecule has 3 heterocycles. The highest BCUT2D eigenvalue weighted by Crippen LogP contribution is 2.43. The third-order valence-electron chi connectivity index (χ3n) is 5.61. The molecular formula is C23H22Cl2N4O4. The van der Waals surface area contributed by atoms with Crippen molar-refractivity contribution in [1.29, 1.82) is 0 Å². The molecule has 2 N–H and O–H groups in total. The monoisotopic (exact) mass is 488 g/mol. The van der Waals surface area contributed by atoms with Gasteiger partial charge in [0.05, 0.1) is 24.9 Å². The van der Waals surface area contributed by atoms with Crippen molar-refractivity contribution in [2.75, 3.05) is 7.11 Å². The van der Waals surface area contributed by atoms with Gasteiger partial charge in [0.2, 0.25) is 5.88 Å². The molecule has 0 radical (unpaired) electrons. The second kappa shape index (κ2) is 9.33. The maximum Gasteiger partial charge on any atom is 0.340 e. The standard InChI is InChI=1S/C23H22Cl2N4O4/c1-13-10-17-19(22(30)29(13)8-3-7-28-9-6-27-12-28)18(15-5-4-14(24)11-16(15)25)20(21(26)33-17)23(31)32-2/h4-6,9-12,18H,3,7-8,26H2,1-2H3/t18-/m1/s1. The first-order valence-corrected chi connectivity index (χ1v) is 11.0. The van der Waals surface area contributed by atoms with E-state index in [0.717, 1.165) is 0 Å². The van der Waals surface area contributed by atoms with Crippen molar-refractivity contribution in [1.82, 2.24) is 14.1 Å². The predicted molar refractivity (Wildman–Crippen MR) is 124 cm³/mol. The Labute approximate surface area is 200 Å². The van der Waals surface area contributed by atoms with Crippen molar-refractivity contribution < 1.29 is 14.3 Å². The average Bonchev–Trinajstić information content (AvgIpc) is 3.28. The molecule has 1 aliphatic rings. The van der Waals surface area contributed by atoms with E-state index in [-0.39, 0.29) is 28.3 Å². The van der Waals surface area contributed by atoms with E-state index in [1.165, 1.54) is 7.11 Å². The van der Waals surface area contributed by atoms with Crippen molar-refractivity contribution in [3.8, 4) is 5.75 Å². The summed E-state index contributed by atoms with van der Waals surface area (Å²) in [6.45, 7) is 2.98. The molecule has 0 spiro atoms. The summed E-state index contributed by atoms with van der Waals surface area (Å²) in [5.41, 5.74) is 7.32. The smallest absolute Gasteiger partial charge is 0.340 e. The van der Waals surface area contributed by atoms with Gasteiger partial charge in [-0.05, 0) is 31.0 Å². The van der Waals surface area contributed by atoms with Crippen molar-refractivity contribution in [2.45, 2.75) is 32.4 Å². The molecule has 33 heavy (non-hydrogen) atoms. The van der Waals surface area contributed by atoms with Crippen LogP contribution in [0.15, 0.2) is 59.2 Å². The first kappa shape index (κ1) is 22.9. The quantitative estimate of drug-likeness (QED) is 0.531. The van der Waals surface area contributed by atoms with Crippen LogP contribution in [0, 0.1) is 6.92 Å². The van der Waals surface area contributed by atoms with Gasteiger partial charge in [0.1, 0.15) is 11.3 Å². The number of carbonyl (C=O) groups excluding carboxylic acids is 1. The number of carbonyl (C=O) groups is 1. The lowest BCUT2D eigenvalue weighted by Gasteiger charge is -2.29. The topological polar surface area (TPSA) is 101 Å². The zero-order valence-corrected chi connectivity index (χ0v) is 19.6. The fourth-order valence-corrected chi connectivity index (χ4v) is 4.57. The van der Waals surface area contributed by atoms with Crippen LogP contribution in [0.25, 0.3) is 0 Å². The largest absolute Gasteiger partial charge is 0.465 e. The summed E-state index contributed by atoms with van der Waals surface area (Å²) in [7, 11) is 1.24. The van der Waals surface area contributed by atoms with E-state index in [1.54, 1.807) is 41.4 Å². The van der Waals surface area contributed by atoms with Crippen LogP contribution in [-0.2, 0) is 22.6 Å². The summed E-state index contributed by atoms with van der Waals surface area (Å²) in [6.07, 6.45) is 6.00. The lowest BCUT2D eigenvalue weighted by molar-refractivity contribution is -0.136. The van der Waals surface area contributed by atoms with Gasteiger partial charge in [-0.1, -0.05) is 29.3 Å². The minimum absolute atomic E-state index is 0.0140. The van der Waals surface area contributed by atoms with Crippen LogP contribution >= 0.6 is 23.2 Å². The molecule has 0 bridgehead atoms. The normalized spacial score (nSPS) is 15.2. The summed E-state index contributed by atoms with van der Waals surface area (Å²) < 4.78 is 14.3. The molecule has 0 aliphatic carbocycles. The number of nitrogens with zero attached hydrogens (tertiary/aromatic N) is 3. The van der Waals surface area contributed by atoms with Crippen molar-refractivity contribution in [2.24, 2.45) is 5.73 Å². The molecule has 4 rings (SSSR count). The first-order chi connectivity index (χ1) is 15.8. The number of halogens is 2. The Morgan fingerprint density at radius 2 is 2.06 bits per heavy atom. The number of hydrogen-bond acceptors (Lipinski definition) is 6. The Bertz CT molecular complexity index is 1300. The average molecular weight is 489 g/mol. The van der Waals surface area contributed by atoms with Gasteiger partial charge < -0.3 is 24.3 Å². The Kier molecular flexibility index (Phi) is 6.49. The Morgan fingerprint density at radius 1 is 1.27 bits per heavy atom. The highest BCUT2D eigenvalue weighted by molar-refractivity contribution is 6.35. The van der Waals surface area contributed by atoms with Crippen molar-refractivity contribution in [3.63, 3.8) is 0 Å². The number of esters is 1. The number of hydrogen-bond donors (Lipinski definition) is 1. The number of pyridine rings is 1. The molecule has 1 atom stereocenters. The molecule has 1 aliphatic heterocycles. The molecular weight excluding hydrogens is 467 g/mol. The molecule has 0 saturated carbocycles. The Balaban J connectivity index is 1.84. The van der Waals surface area contributed by atoms with Crippen LogP contribution in [0.3, 0.4) is 0 Å². The van der Waals surface area contributed by atoms with Crippen LogP contribution < -0.4 is 16.0 Å². The number of nitrogens with two attached hydrogens (primary N) is 1. The zero-order chi connectivity index (χ0) is 23.7. The van der Waals surface area contributed by atoms with Gasteiger partial charge in [-0.2, -0.15) is 0 Å². The number of aryl methyl sites for hydroxylation is 2. The molecule has 2 aromatic heterocycles. The second-order valence-corrected chi connectivity index (χ2v) is 8.49. The summed E-state index contributed by atoms with van der Waals surface area (Å²) >= 11 is 12.6. The fraction of sp³-hybridized carbons (Fsp3) is 0.261. The molecule has 0 unspecified atom stereocenters. The third-order valence-corrected chi connectivity index (χ3v) is 6.17.